The van der Waals surface area contributed by atoms with Crippen LogP contribution in [0.4, 0.5) is 4.39 Å². The van der Waals surface area contributed by atoms with Gasteiger partial charge in [-0.15, -0.1) is 0 Å². The van der Waals surface area contributed by atoms with Crippen LogP contribution in [0.1, 0.15) is 37.4 Å². The molecule has 0 saturated carbocycles. The number of aliphatic imine (C=N–C) groups is 1. The number of halogens is 1. The lowest BCUT2D eigenvalue weighted by Crippen LogP contribution is -2.02. The van der Waals surface area contributed by atoms with Gasteiger partial charge in [-0.1, -0.05) is 49.4 Å². The highest BCUT2D eigenvalue weighted by Crippen LogP contribution is 2.18. The standard InChI is InChI=1S/C17H18FN/c1-3-17(15-9-11-16(18)12-10-15)19-13(2)14-7-5-4-6-8-14/h4-13H,3H2,1-2H3/t13-/m0/s1. The molecule has 0 amide bonds. The van der Waals surface area contributed by atoms with E-state index in [4.69, 9.17) is 4.99 Å². The summed E-state index contributed by atoms with van der Waals surface area (Å²) < 4.78 is 12.9. The lowest BCUT2D eigenvalue weighted by atomic mass is 10.1. The van der Waals surface area contributed by atoms with Crippen LogP contribution in [-0.2, 0) is 0 Å². The van der Waals surface area contributed by atoms with Crippen LogP contribution in [0, 0.1) is 5.82 Å². The molecule has 0 fully saturated rings. The third-order valence-corrected chi connectivity index (χ3v) is 3.14. The minimum Gasteiger partial charge on any atom is -0.281 e. The summed E-state index contributed by atoms with van der Waals surface area (Å²) in [5.41, 5.74) is 3.19. The van der Waals surface area contributed by atoms with Crippen molar-refractivity contribution in [2.45, 2.75) is 26.3 Å². The van der Waals surface area contributed by atoms with Crippen molar-refractivity contribution in [3.05, 3.63) is 71.5 Å². The minimum absolute atomic E-state index is 0.112. The van der Waals surface area contributed by atoms with E-state index in [1.54, 1.807) is 12.1 Å². The highest BCUT2D eigenvalue weighted by atomic mass is 19.1. The molecule has 2 aromatic rings. The number of hydrogen-bond acceptors (Lipinski definition) is 1. The van der Waals surface area contributed by atoms with Gasteiger partial charge in [0.15, 0.2) is 0 Å². The molecule has 0 bridgehead atoms. The van der Waals surface area contributed by atoms with Gasteiger partial charge in [-0.05, 0) is 36.6 Å². The topological polar surface area (TPSA) is 12.4 Å². The summed E-state index contributed by atoms with van der Waals surface area (Å²) in [4.78, 5) is 4.76. The zero-order valence-electron chi connectivity index (χ0n) is 11.3. The van der Waals surface area contributed by atoms with Crippen molar-refractivity contribution in [3.63, 3.8) is 0 Å². The predicted octanol–water partition coefficient (Wildman–Crippen LogP) is 4.79. The van der Waals surface area contributed by atoms with Crippen LogP contribution in [0.2, 0.25) is 0 Å². The molecule has 2 rings (SSSR count). The zero-order chi connectivity index (χ0) is 13.7. The fraction of sp³-hybridized carbons (Fsp3) is 0.235. The lowest BCUT2D eigenvalue weighted by Gasteiger charge is -2.11. The van der Waals surface area contributed by atoms with Gasteiger partial charge in [-0.2, -0.15) is 0 Å². The lowest BCUT2D eigenvalue weighted by molar-refractivity contribution is 0.627. The SMILES string of the molecule is CCC(=N[C@@H](C)c1ccccc1)c1ccc(F)cc1. The van der Waals surface area contributed by atoms with Crippen molar-refractivity contribution >= 4 is 5.71 Å². The highest BCUT2D eigenvalue weighted by Gasteiger charge is 2.06. The fourth-order valence-electron chi connectivity index (χ4n) is 2.05. The van der Waals surface area contributed by atoms with Gasteiger partial charge in [0.2, 0.25) is 0 Å². The summed E-state index contributed by atoms with van der Waals surface area (Å²) in [6, 6.07) is 16.8. The summed E-state index contributed by atoms with van der Waals surface area (Å²) in [5, 5.41) is 0. The average molecular weight is 255 g/mol. The van der Waals surface area contributed by atoms with Crippen LogP contribution in [0.15, 0.2) is 59.6 Å². The maximum atomic E-state index is 12.9. The molecule has 98 valence electrons. The first kappa shape index (κ1) is 13.5. The average Bonchev–Trinajstić information content (AvgIpc) is 2.46. The number of rotatable bonds is 4. The zero-order valence-corrected chi connectivity index (χ0v) is 11.3. The first-order chi connectivity index (χ1) is 9.20. The summed E-state index contributed by atoms with van der Waals surface area (Å²) in [7, 11) is 0. The van der Waals surface area contributed by atoms with E-state index in [0.29, 0.717) is 0 Å². The van der Waals surface area contributed by atoms with Crippen LogP contribution in [-0.4, -0.2) is 5.71 Å². The Balaban J connectivity index is 2.26. The van der Waals surface area contributed by atoms with Gasteiger partial charge in [-0.25, -0.2) is 4.39 Å². The van der Waals surface area contributed by atoms with Crippen LogP contribution >= 0.6 is 0 Å². The number of nitrogens with zero attached hydrogens (tertiary/aromatic N) is 1. The van der Waals surface area contributed by atoms with Crippen molar-refractivity contribution in [2.75, 3.05) is 0 Å². The summed E-state index contributed by atoms with van der Waals surface area (Å²) >= 11 is 0. The van der Waals surface area contributed by atoms with Crippen LogP contribution in [0.25, 0.3) is 0 Å². The molecule has 0 saturated heterocycles. The van der Waals surface area contributed by atoms with Crippen LogP contribution in [0.3, 0.4) is 0 Å². The molecule has 0 heterocycles. The molecule has 0 N–H and O–H groups in total. The first-order valence-corrected chi connectivity index (χ1v) is 6.58. The highest BCUT2D eigenvalue weighted by molar-refractivity contribution is 6.00. The third kappa shape index (κ3) is 3.50. The van der Waals surface area contributed by atoms with E-state index in [-0.39, 0.29) is 11.9 Å². The largest absolute Gasteiger partial charge is 0.281 e. The molecular weight excluding hydrogens is 237 g/mol. The second-order valence-corrected chi connectivity index (χ2v) is 4.52. The summed E-state index contributed by atoms with van der Waals surface area (Å²) in [6.07, 6.45) is 0.836. The van der Waals surface area contributed by atoms with E-state index >= 15 is 0 Å². The Morgan fingerprint density at radius 3 is 2.26 bits per heavy atom. The fourth-order valence-corrected chi connectivity index (χ4v) is 2.05. The maximum absolute atomic E-state index is 12.9. The minimum atomic E-state index is -0.213. The molecule has 0 radical (unpaired) electrons. The van der Waals surface area contributed by atoms with Crippen molar-refractivity contribution < 1.29 is 4.39 Å². The molecule has 19 heavy (non-hydrogen) atoms. The second kappa shape index (κ2) is 6.28. The Hall–Kier alpha value is -1.96. The molecule has 2 aromatic carbocycles. The predicted molar refractivity (Wildman–Crippen MR) is 78.1 cm³/mol. The molecule has 0 unspecified atom stereocenters. The number of benzene rings is 2. The van der Waals surface area contributed by atoms with Crippen LogP contribution < -0.4 is 0 Å². The molecule has 1 atom stereocenters. The van der Waals surface area contributed by atoms with Gasteiger partial charge in [-0.3, -0.25) is 4.99 Å². The van der Waals surface area contributed by atoms with Crippen molar-refractivity contribution in [1.82, 2.24) is 0 Å². The van der Waals surface area contributed by atoms with Crippen molar-refractivity contribution in [1.29, 1.82) is 0 Å². The molecule has 2 heteroatoms. The van der Waals surface area contributed by atoms with Crippen molar-refractivity contribution in [2.24, 2.45) is 4.99 Å². The Bertz CT molecular complexity index is 543. The van der Waals surface area contributed by atoms with E-state index in [1.807, 2.05) is 18.2 Å². The number of hydrogen-bond donors (Lipinski definition) is 0. The molecular formula is C17H18FN. The third-order valence-electron chi connectivity index (χ3n) is 3.14. The van der Waals surface area contributed by atoms with Gasteiger partial charge in [0, 0.05) is 5.71 Å². The molecule has 0 aliphatic carbocycles. The van der Waals surface area contributed by atoms with E-state index in [2.05, 4.69) is 26.0 Å². The Morgan fingerprint density at radius 2 is 1.68 bits per heavy atom. The Morgan fingerprint density at radius 1 is 1.05 bits per heavy atom. The first-order valence-electron chi connectivity index (χ1n) is 6.58. The quantitative estimate of drug-likeness (QED) is 0.697. The van der Waals surface area contributed by atoms with Gasteiger partial charge in [0.25, 0.3) is 0 Å². The normalized spacial score (nSPS) is 13.3. The maximum Gasteiger partial charge on any atom is 0.123 e. The summed E-state index contributed by atoms with van der Waals surface area (Å²) in [5.74, 6) is -0.213. The van der Waals surface area contributed by atoms with Crippen molar-refractivity contribution in [3.8, 4) is 0 Å². The summed E-state index contributed by atoms with van der Waals surface area (Å²) in [6.45, 7) is 4.15. The van der Waals surface area contributed by atoms with E-state index in [1.165, 1.54) is 17.7 Å². The van der Waals surface area contributed by atoms with Gasteiger partial charge >= 0.3 is 0 Å². The monoisotopic (exact) mass is 255 g/mol. The molecule has 0 aliphatic rings. The molecule has 0 aliphatic heterocycles. The van der Waals surface area contributed by atoms with E-state index in [0.717, 1.165) is 17.7 Å². The van der Waals surface area contributed by atoms with E-state index < -0.39 is 0 Å². The van der Waals surface area contributed by atoms with E-state index in [9.17, 15) is 4.39 Å². The second-order valence-electron chi connectivity index (χ2n) is 4.52. The van der Waals surface area contributed by atoms with Gasteiger partial charge < -0.3 is 0 Å². The molecule has 0 aromatic heterocycles. The van der Waals surface area contributed by atoms with Gasteiger partial charge in [0.05, 0.1) is 6.04 Å². The smallest absolute Gasteiger partial charge is 0.123 e. The van der Waals surface area contributed by atoms with Gasteiger partial charge in [0.1, 0.15) is 5.82 Å². The Kier molecular flexibility index (Phi) is 4.45. The Labute approximate surface area is 113 Å². The molecule has 0 spiro atoms. The molecule has 1 nitrogen and oxygen atoms in total. The van der Waals surface area contributed by atoms with Crippen LogP contribution in [0.5, 0.6) is 0 Å².